The maximum absolute atomic E-state index is 13.5. The Balaban J connectivity index is 1.18. The van der Waals surface area contributed by atoms with Crippen molar-refractivity contribution in [2.75, 3.05) is 39.8 Å². The first-order chi connectivity index (χ1) is 16.4. The van der Waals surface area contributed by atoms with Crippen LogP contribution in [0.5, 0.6) is 0 Å². The Morgan fingerprint density at radius 3 is 2.56 bits per heavy atom. The molecule has 1 saturated carbocycles. The molecule has 8 atom stereocenters. The van der Waals surface area contributed by atoms with E-state index in [0.717, 1.165) is 32.1 Å². The van der Waals surface area contributed by atoms with E-state index in [9.17, 15) is 13.2 Å². The van der Waals surface area contributed by atoms with Crippen LogP contribution in [0.1, 0.15) is 51.9 Å². The molecule has 9 nitrogen and oxygen atoms in total. The summed E-state index contributed by atoms with van der Waals surface area (Å²) in [4.78, 5) is 13.5. The number of methoxy groups -OCH3 is 1. The highest BCUT2D eigenvalue weighted by Crippen LogP contribution is 2.40. The molecule has 1 amide bonds. The number of carbonyl (C=O) groups is 1. The van der Waals surface area contributed by atoms with E-state index >= 15 is 0 Å². The first kappa shape index (κ1) is 25.2. The molecule has 0 spiro atoms. The van der Waals surface area contributed by atoms with Gasteiger partial charge in [0.05, 0.1) is 12.0 Å². The number of hydrogen-bond donors (Lipinski definition) is 3. The summed E-state index contributed by atoms with van der Waals surface area (Å²) in [5.74, 6) is 0.809. The van der Waals surface area contributed by atoms with Gasteiger partial charge in [-0.3, -0.25) is 10.1 Å². The van der Waals surface area contributed by atoms with E-state index < -0.39 is 10.2 Å². The maximum atomic E-state index is 13.5. The highest BCUT2D eigenvalue weighted by Gasteiger charge is 2.48. The number of nitrogens with zero attached hydrogens (tertiary/aromatic N) is 2. The van der Waals surface area contributed by atoms with Crippen LogP contribution in [0.25, 0.3) is 0 Å². The molecule has 0 aromatic heterocycles. The summed E-state index contributed by atoms with van der Waals surface area (Å²) >= 11 is 1.67. The van der Waals surface area contributed by atoms with Gasteiger partial charge in [0.25, 0.3) is 10.2 Å². The number of amides is 1. The van der Waals surface area contributed by atoms with Crippen molar-refractivity contribution in [3.63, 3.8) is 0 Å². The summed E-state index contributed by atoms with van der Waals surface area (Å²) in [6.45, 7) is 5.17. The molecule has 0 aromatic carbocycles. The average Bonchev–Trinajstić information content (AvgIpc) is 3.56. The molecule has 4 heterocycles. The standard InChI is InChI=1S/C23H41N5O4S2/c1-15-11-17(16-7-3-4-8-20(16)32-2)18(12-24-15)22(29)26-23-25-19-13-28(14-21(19)33-23)34(30,31)27-9-5-6-10-27/h15-21,23-25H,3-14H2,1-2H3,(H,26,29). The molecule has 3 N–H and O–H groups in total. The first-order valence-electron chi connectivity index (χ1n) is 13.1. The van der Waals surface area contributed by atoms with Gasteiger partial charge in [-0.05, 0) is 50.9 Å². The number of piperidine rings is 1. The summed E-state index contributed by atoms with van der Waals surface area (Å²) < 4.78 is 34.9. The number of thioether (sulfide) groups is 1. The van der Waals surface area contributed by atoms with Crippen molar-refractivity contribution in [3.8, 4) is 0 Å². The summed E-state index contributed by atoms with van der Waals surface area (Å²) in [5, 5.41) is 10.4. The van der Waals surface area contributed by atoms with Crippen molar-refractivity contribution in [3.05, 3.63) is 0 Å². The second-order valence-corrected chi connectivity index (χ2v) is 14.1. The fourth-order valence-corrected chi connectivity index (χ4v) is 10.1. The monoisotopic (exact) mass is 515 g/mol. The Bertz CT molecular complexity index is 825. The molecule has 34 heavy (non-hydrogen) atoms. The lowest BCUT2D eigenvalue weighted by atomic mass is 9.68. The van der Waals surface area contributed by atoms with Gasteiger partial charge in [-0.15, -0.1) is 11.8 Å². The van der Waals surface area contributed by atoms with Crippen LogP contribution in [-0.2, 0) is 19.7 Å². The van der Waals surface area contributed by atoms with Crippen LogP contribution in [0.15, 0.2) is 0 Å². The number of rotatable bonds is 6. The van der Waals surface area contributed by atoms with Crippen LogP contribution in [0.2, 0.25) is 0 Å². The number of fused-ring (bicyclic) bond motifs is 1. The van der Waals surface area contributed by atoms with Crippen molar-refractivity contribution in [1.29, 1.82) is 0 Å². The van der Waals surface area contributed by atoms with Crippen LogP contribution in [0, 0.1) is 17.8 Å². The summed E-state index contributed by atoms with van der Waals surface area (Å²) in [6, 6.07) is 0.486. The van der Waals surface area contributed by atoms with Gasteiger partial charge in [-0.1, -0.05) is 12.8 Å². The Morgan fingerprint density at radius 1 is 1.06 bits per heavy atom. The zero-order valence-electron chi connectivity index (χ0n) is 20.4. The normalized spacial score (nSPS) is 42.1. The van der Waals surface area contributed by atoms with Crippen molar-refractivity contribution < 1.29 is 17.9 Å². The number of hydrogen-bond acceptors (Lipinski definition) is 7. The Morgan fingerprint density at radius 2 is 1.82 bits per heavy atom. The van der Waals surface area contributed by atoms with Gasteiger partial charge in [0.1, 0.15) is 5.50 Å². The van der Waals surface area contributed by atoms with Crippen LogP contribution < -0.4 is 16.0 Å². The van der Waals surface area contributed by atoms with E-state index in [-0.39, 0.29) is 34.7 Å². The molecule has 8 unspecified atom stereocenters. The van der Waals surface area contributed by atoms with Gasteiger partial charge in [-0.2, -0.15) is 17.0 Å². The minimum absolute atomic E-state index is 0.0631. The van der Waals surface area contributed by atoms with Gasteiger partial charge in [-0.25, -0.2) is 0 Å². The molecule has 5 aliphatic rings. The maximum Gasteiger partial charge on any atom is 0.282 e. The van der Waals surface area contributed by atoms with Gasteiger partial charge in [0, 0.05) is 57.2 Å². The largest absolute Gasteiger partial charge is 0.381 e. The minimum Gasteiger partial charge on any atom is -0.381 e. The van der Waals surface area contributed by atoms with E-state index in [1.807, 2.05) is 7.11 Å². The molecule has 4 saturated heterocycles. The molecule has 5 fully saturated rings. The predicted molar refractivity (Wildman–Crippen MR) is 133 cm³/mol. The van der Waals surface area contributed by atoms with Crippen LogP contribution in [0.4, 0.5) is 0 Å². The molecule has 0 radical (unpaired) electrons. The minimum atomic E-state index is -3.37. The third kappa shape index (κ3) is 5.03. The molecular formula is C23H41N5O4S2. The summed E-state index contributed by atoms with van der Waals surface area (Å²) in [5.41, 5.74) is -0.163. The van der Waals surface area contributed by atoms with E-state index in [1.54, 1.807) is 20.4 Å². The third-order valence-corrected chi connectivity index (χ3v) is 12.0. The molecule has 1 aliphatic carbocycles. The molecule has 0 bridgehead atoms. The topological polar surface area (TPSA) is 103 Å². The average molecular weight is 516 g/mol. The number of nitrogens with one attached hydrogen (secondary N) is 3. The van der Waals surface area contributed by atoms with Crippen molar-refractivity contribution >= 4 is 27.9 Å². The van der Waals surface area contributed by atoms with E-state index in [1.165, 1.54) is 12.8 Å². The van der Waals surface area contributed by atoms with Gasteiger partial charge >= 0.3 is 0 Å². The predicted octanol–water partition coefficient (Wildman–Crippen LogP) is 0.935. The molecule has 4 aliphatic heterocycles. The Labute approximate surface area is 208 Å². The second kappa shape index (κ2) is 10.5. The van der Waals surface area contributed by atoms with Gasteiger partial charge < -0.3 is 15.4 Å². The molecular weight excluding hydrogens is 474 g/mol. The zero-order chi connectivity index (χ0) is 23.9. The van der Waals surface area contributed by atoms with Crippen LogP contribution >= 0.6 is 11.8 Å². The van der Waals surface area contributed by atoms with E-state index in [4.69, 9.17) is 4.74 Å². The van der Waals surface area contributed by atoms with Crippen molar-refractivity contribution in [2.24, 2.45) is 17.8 Å². The number of ether oxygens (including phenoxy) is 1. The smallest absolute Gasteiger partial charge is 0.282 e. The fraction of sp³-hybridized carbons (Fsp3) is 0.957. The number of carbonyl (C=O) groups excluding carboxylic acids is 1. The zero-order valence-corrected chi connectivity index (χ0v) is 22.1. The lowest BCUT2D eigenvalue weighted by Gasteiger charge is -2.44. The third-order valence-electron chi connectivity index (χ3n) is 8.67. The molecule has 194 valence electrons. The fourth-order valence-electron chi connectivity index (χ4n) is 6.83. The van der Waals surface area contributed by atoms with E-state index in [2.05, 4.69) is 22.9 Å². The Kier molecular flexibility index (Phi) is 7.80. The van der Waals surface area contributed by atoms with Crippen molar-refractivity contribution in [2.45, 2.75) is 80.8 Å². The van der Waals surface area contributed by atoms with Crippen LogP contribution in [0.3, 0.4) is 0 Å². The van der Waals surface area contributed by atoms with Gasteiger partial charge in [0.2, 0.25) is 5.91 Å². The highest BCUT2D eigenvalue weighted by atomic mass is 32.2. The van der Waals surface area contributed by atoms with Crippen molar-refractivity contribution in [1.82, 2.24) is 24.6 Å². The lowest BCUT2D eigenvalue weighted by Crippen LogP contribution is -2.55. The van der Waals surface area contributed by atoms with Gasteiger partial charge in [0.15, 0.2) is 0 Å². The van der Waals surface area contributed by atoms with E-state index in [0.29, 0.717) is 50.6 Å². The van der Waals surface area contributed by atoms with Crippen LogP contribution in [-0.4, -0.2) is 91.7 Å². The Hall–Kier alpha value is -0.430. The second-order valence-electron chi connectivity index (χ2n) is 10.8. The first-order valence-corrected chi connectivity index (χ1v) is 15.4. The quantitative estimate of drug-likeness (QED) is 0.484. The summed E-state index contributed by atoms with van der Waals surface area (Å²) in [7, 11) is -1.55. The lowest BCUT2D eigenvalue weighted by molar-refractivity contribution is -0.130. The summed E-state index contributed by atoms with van der Waals surface area (Å²) in [6.07, 6.45) is 7.81. The molecule has 5 rings (SSSR count). The highest BCUT2D eigenvalue weighted by molar-refractivity contribution is 8.00. The SMILES string of the molecule is COC1CCCCC1C1CC(C)NCC1C(=O)NC1NC2CN(S(=O)(=O)N3CCCC3)CC2S1. The molecule has 11 heteroatoms. The molecule has 0 aromatic rings.